The van der Waals surface area contributed by atoms with Gasteiger partial charge in [0.1, 0.15) is 5.02 Å². The Bertz CT molecular complexity index is 493. The van der Waals surface area contributed by atoms with Gasteiger partial charge < -0.3 is 5.32 Å². The summed E-state index contributed by atoms with van der Waals surface area (Å²) < 4.78 is 12.4. The Labute approximate surface area is 107 Å². The average molecular weight is 276 g/mol. The second-order valence-electron chi connectivity index (χ2n) is 4.07. The molecule has 2 heterocycles. The molecule has 7 heteroatoms. The fourth-order valence-electron chi connectivity index (χ4n) is 1.77. The second kappa shape index (κ2) is 5.18. The Hall–Kier alpha value is -0.880. The molecule has 0 saturated carbocycles. The lowest BCUT2D eigenvalue weighted by atomic mass is 10.1. The molecule has 0 aromatic carbocycles. The van der Waals surface area contributed by atoms with Crippen molar-refractivity contribution in [2.45, 2.75) is 18.9 Å². The van der Waals surface area contributed by atoms with Gasteiger partial charge in [-0.1, -0.05) is 11.6 Å². The predicted octanol–water partition coefficient (Wildman–Crippen LogP) is 0.757. The van der Waals surface area contributed by atoms with Crippen LogP contribution in [0.5, 0.6) is 0 Å². The van der Waals surface area contributed by atoms with Crippen molar-refractivity contribution in [3.8, 4) is 0 Å². The van der Waals surface area contributed by atoms with Gasteiger partial charge in [-0.3, -0.25) is 9.00 Å². The lowest BCUT2D eigenvalue weighted by Gasteiger charge is -2.23. The highest BCUT2D eigenvalue weighted by Crippen LogP contribution is 2.20. The van der Waals surface area contributed by atoms with E-state index in [0.29, 0.717) is 17.2 Å². The summed E-state index contributed by atoms with van der Waals surface area (Å²) in [6.45, 7) is 0. The van der Waals surface area contributed by atoms with Crippen molar-refractivity contribution in [3.05, 3.63) is 21.6 Å². The lowest BCUT2D eigenvalue weighted by Crippen LogP contribution is -2.31. The summed E-state index contributed by atoms with van der Waals surface area (Å²) in [7, 11) is 0.871. The minimum atomic E-state index is -0.687. The molecule has 1 N–H and O–H groups in total. The molecule has 0 aliphatic carbocycles. The third kappa shape index (κ3) is 2.87. The van der Waals surface area contributed by atoms with Gasteiger partial charge in [0.15, 0.2) is 0 Å². The Kier molecular flexibility index (Phi) is 3.83. The van der Waals surface area contributed by atoms with Gasteiger partial charge in [0, 0.05) is 35.4 Å². The quantitative estimate of drug-likeness (QED) is 0.865. The molecular formula is C10H14ClN3O2S. The number of anilines is 1. The van der Waals surface area contributed by atoms with Gasteiger partial charge in [0.2, 0.25) is 0 Å². The first kappa shape index (κ1) is 12.6. The minimum absolute atomic E-state index is 0.161. The number of hydrogen-bond donors (Lipinski definition) is 1. The SMILES string of the molecule is Cn1ncc(NC2CCS(=O)CC2)c(Cl)c1=O. The van der Waals surface area contributed by atoms with Crippen molar-refractivity contribution >= 4 is 28.1 Å². The average Bonchev–Trinajstić information content (AvgIpc) is 2.33. The van der Waals surface area contributed by atoms with E-state index in [1.165, 1.54) is 4.68 Å². The first-order chi connectivity index (χ1) is 8.08. The number of rotatable bonds is 2. The van der Waals surface area contributed by atoms with Crippen LogP contribution >= 0.6 is 11.6 Å². The smallest absolute Gasteiger partial charge is 0.287 e. The van der Waals surface area contributed by atoms with Crippen LogP contribution in [-0.4, -0.2) is 31.5 Å². The Morgan fingerprint density at radius 3 is 2.82 bits per heavy atom. The summed E-state index contributed by atoms with van der Waals surface area (Å²) >= 11 is 5.95. The van der Waals surface area contributed by atoms with Gasteiger partial charge in [-0.15, -0.1) is 0 Å². The molecule has 0 atom stereocenters. The highest BCUT2D eigenvalue weighted by molar-refractivity contribution is 7.85. The summed E-state index contributed by atoms with van der Waals surface area (Å²) in [6.07, 6.45) is 3.21. The zero-order valence-electron chi connectivity index (χ0n) is 9.48. The maximum atomic E-state index is 11.6. The highest BCUT2D eigenvalue weighted by atomic mass is 35.5. The van der Waals surface area contributed by atoms with Gasteiger partial charge in [-0.2, -0.15) is 5.10 Å². The van der Waals surface area contributed by atoms with Crippen LogP contribution in [0.1, 0.15) is 12.8 Å². The first-order valence-electron chi connectivity index (χ1n) is 5.41. The summed E-state index contributed by atoms with van der Waals surface area (Å²) in [6, 6.07) is 0.221. The minimum Gasteiger partial charge on any atom is -0.380 e. The maximum Gasteiger partial charge on any atom is 0.287 e. The molecule has 0 radical (unpaired) electrons. The van der Waals surface area contributed by atoms with Crippen LogP contribution in [0, 0.1) is 0 Å². The van der Waals surface area contributed by atoms with Gasteiger partial charge in [-0.05, 0) is 12.8 Å². The second-order valence-corrected chi connectivity index (χ2v) is 6.14. The van der Waals surface area contributed by atoms with Crippen LogP contribution in [-0.2, 0) is 17.8 Å². The lowest BCUT2D eigenvalue weighted by molar-refractivity contribution is 0.622. The third-order valence-electron chi connectivity index (χ3n) is 2.83. The fraction of sp³-hybridized carbons (Fsp3) is 0.600. The monoisotopic (exact) mass is 275 g/mol. The highest BCUT2D eigenvalue weighted by Gasteiger charge is 2.19. The maximum absolute atomic E-state index is 11.6. The van der Waals surface area contributed by atoms with E-state index >= 15 is 0 Å². The molecule has 0 unspecified atom stereocenters. The fourth-order valence-corrected chi connectivity index (χ4v) is 3.29. The van der Waals surface area contributed by atoms with E-state index in [0.717, 1.165) is 12.8 Å². The van der Waals surface area contributed by atoms with E-state index in [4.69, 9.17) is 11.6 Å². The van der Waals surface area contributed by atoms with Crippen LogP contribution in [0.25, 0.3) is 0 Å². The number of aromatic nitrogens is 2. The van der Waals surface area contributed by atoms with Gasteiger partial charge in [0.25, 0.3) is 5.56 Å². The predicted molar refractivity (Wildman–Crippen MR) is 69.0 cm³/mol. The van der Waals surface area contributed by atoms with Crippen molar-refractivity contribution in [3.63, 3.8) is 0 Å². The van der Waals surface area contributed by atoms with E-state index in [2.05, 4.69) is 10.4 Å². The molecular weight excluding hydrogens is 262 g/mol. The molecule has 1 saturated heterocycles. The van der Waals surface area contributed by atoms with Crippen LogP contribution in [0.3, 0.4) is 0 Å². The largest absolute Gasteiger partial charge is 0.380 e. The molecule has 5 nitrogen and oxygen atoms in total. The van der Waals surface area contributed by atoms with Gasteiger partial charge in [0.05, 0.1) is 11.9 Å². The molecule has 94 valence electrons. The zero-order valence-corrected chi connectivity index (χ0v) is 11.1. The van der Waals surface area contributed by atoms with Gasteiger partial charge >= 0.3 is 0 Å². The molecule has 17 heavy (non-hydrogen) atoms. The van der Waals surface area contributed by atoms with Crippen LogP contribution in [0.15, 0.2) is 11.0 Å². The summed E-state index contributed by atoms with van der Waals surface area (Å²) in [5.41, 5.74) is 0.253. The van der Waals surface area contributed by atoms with Crippen LogP contribution in [0.4, 0.5) is 5.69 Å². The number of aryl methyl sites for hydroxylation is 1. The molecule has 0 spiro atoms. The van der Waals surface area contributed by atoms with E-state index in [1.807, 2.05) is 0 Å². The number of halogens is 1. The zero-order chi connectivity index (χ0) is 12.4. The molecule has 0 bridgehead atoms. The summed E-state index contributed by atoms with van der Waals surface area (Å²) in [5.74, 6) is 1.40. The Morgan fingerprint density at radius 2 is 2.18 bits per heavy atom. The number of nitrogens with zero attached hydrogens (tertiary/aromatic N) is 2. The standard InChI is InChI=1S/C10H14ClN3O2S/c1-14-10(15)9(11)8(6-12-14)13-7-2-4-17(16)5-3-7/h6-7,13H,2-5H2,1H3. The number of nitrogens with one attached hydrogen (secondary N) is 1. The normalized spacial score (nSPS) is 24.6. The molecule has 1 aliphatic rings. The van der Waals surface area contributed by atoms with Crippen molar-refractivity contribution in [2.24, 2.45) is 7.05 Å². The first-order valence-corrected chi connectivity index (χ1v) is 7.28. The van der Waals surface area contributed by atoms with E-state index in [1.54, 1.807) is 13.2 Å². The Balaban J connectivity index is 2.11. The van der Waals surface area contributed by atoms with E-state index < -0.39 is 10.8 Å². The summed E-state index contributed by atoms with van der Waals surface area (Å²) in [4.78, 5) is 11.6. The van der Waals surface area contributed by atoms with Crippen LogP contribution in [0.2, 0.25) is 5.02 Å². The molecule has 1 aliphatic heterocycles. The topological polar surface area (TPSA) is 64.0 Å². The van der Waals surface area contributed by atoms with Crippen LogP contribution < -0.4 is 10.9 Å². The van der Waals surface area contributed by atoms with Crippen molar-refractivity contribution in [1.29, 1.82) is 0 Å². The van der Waals surface area contributed by atoms with Crippen molar-refractivity contribution in [2.75, 3.05) is 16.8 Å². The number of hydrogen-bond acceptors (Lipinski definition) is 4. The third-order valence-corrected chi connectivity index (χ3v) is 4.57. The molecule has 1 fully saturated rings. The summed E-state index contributed by atoms with van der Waals surface area (Å²) in [5, 5.41) is 7.27. The van der Waals surface area contributed by atoms with Gasteiger partial charge in [-0.25, -0.2) is 4.68 Å². The molecule has 0 amide bonds. The van der Waals surface area contributed by atoms with Crippen molar-refractivity contribution in [1.82, 2.24) is 9.78 Å². The van der Waals surface area contributed by atoms with Crippen molar-refractivity contribution < 1.29 is 4.21 Å². The Morgan fingerprint density at radius 1 is 1.53 bits per heavy atom. The van der Waals surface area contributed by atoms with E-state index in [-0.39, 0.29) is 16.6 Å². The molecule has 2 rings (SSSR count). The van der Waals surface area contributed by atoms with E-state index in [9.17, 15) is 9.00 Å². The molecule has 1 aromatic heterocycles. The molecule has 1 aromatic rings.